The normalized spacial score (nSPS) is 31.3. The number of likely N-dealkylation sites (N-methyl/N-ethyl adjacent to an activating group) is 1. The summed E-state index contributed by atoms with van der Waals surface area (Å²) in [6.45, 7) is 16.1. The standard InChI is InChI=1S/C21H39NO2/c1-7-13-22(6)14-10-19-16-23-21(24-19)11-8-18(9-12-21)20(4,5)15-17(2)3/h7,17-19H,1,8-16H2,2-6H3. The smallest absolute Gasteiger partial charge is 0.168 e. The first-order valence-corrected chi connectivity index (χ1v) is 9.87. The van der Waals surface area contributed by atoms with Crippen LogP contribution in [0.4, 0.5) is 0 Å². The molecule has 1 heterocycles. The topological polar surface area (TPSA) is 21.7 Å². The number of ether oxygens (including phenoxy) is 2. The van der Waals surface area contributed by atoms with Gasteiger partial charge in [-0.15, -0.1) is 6.58 Å². The van der Waals surface area contributed by atoms with E-state index in [0.29, 0.717) is 5.41 Å². The molecule has 1 unspecified atom stereocenters. The fourth-order valence-electron chi connectivity index (χ4n) is 4.76. The zero-order chi connectivity index (χ0) is 17.8. The Morgan fingerprint density at radius 2 is 1.96 bits per heavy atom. The molecule has 1 atom stereocenters. The van der Waals surface area contributed by atoms with Crippen LogP contribution in [0.2, 0.25) is 0 Å². The molecule has 3 nitrogen and oxygen atoms in total. The van der Waals surface area contributed by atoms with Gasteiger partial charge in [-0.3, -0.25) is 0 Å². The minimum Gasteiger partial charge on any atom is -0.347 e. The molecule has 0 N–H and O–H groups in total. The Morgan fingerprint density at radius 3 is 2.54 bits per heavy atom. The van der Waals surface area contributed by atoms with E-state index in [9.17, 15) is 0 Å². The molecule has 1 saturated carbocycles. The summed E-state index contributed by atoms with van der Waals surface area (Å²) < 4.78 is 12.6. The summed E-state index contributed by atoms with van der Waals surface area (Å²) in [6.07, 6.45) is 9.19. The minimum absolute atomic E-state index is 0.262. The quantitative estimate of drug-likeness (QED) is 0.590. The first-order valence-electron chi connectivity index (χ1n) is 9.87. The van der Waals surface area contributed by atoms with Crippen LogP contribution in [0, 0.1) is 17.3 Å². The Balaban J connectivity index is 1.78. The number of hydrogen-bond acceptors (Lipinski definition) is 3. The third-order valence-corrected chi connectivity index (χ3v) is 5.97. The molecule has 0 aromatic heterocycles. The molecule has 0 amide bonds. The highest BCUT2D eigenvalue weighted by molar-refractivity contribution is 4.90. The fraction of sp³-hybridized carbons (Fsp3) is 0.905. The molecule has 2 rings (SSSR count). The number of hydrogen-bond donors (Lipinski definition) is 0. The van der Waals surface area contributed by atoms with Gasteiger partial charge in [0.05, 0.1) is 12.7 Å². The maximum absolute atomic E-state index is 6.39. The largest absolute Gasteiger partial charge is 0.347 e. The summed E-state index contributed by atoms with van der Waals surface area (Å²) in [5, 5.41) is 0. The molecule has 140 valence electrons. The molecule has 24 heavy (non-hydrogen) atoms. The lowest BCUT2D eigenvalue weighted by atomic mass is 9.66. The Kier molecular flexibility index (Phi) is 6.92. The maximum atomic E-state index is 6.39. The van der Waals surface area contributed by atoms with E-state index in [0.717, 1.165) is 50.8 Å². The van der Waals surface area contributed by atoms with Gasteiger partial charge in [-0.25, -0.2) is 0 Å². The summed E-state index contributed by atoms with van der Waals surface area (Å²) in [4.78, 5) is 2.28. The SMILES string of the molecule is C=CCN(C)CCC1COC2(CCC(C(C)(C)CC(C)C)CC2)O1. The third kappa shape index (κ3) is 5.31. The van der Waals surface area contributed by atoms with E-state index in [1.54, 1.807) is 0 Å². The Labute approximate surface area is 149 Å². The molecule has 1 spiro atoms. The van der Waals surface area contributed by atoms with E-state index < -0.39 is 0 Å². The molecule has 1 aliphatic carbocycles. The first kappa shape index (κ1) is 19.9. The van der Waals surface area contributed by atoms with Gasteiger partial charge in [-0.05, 0) is 50.0 Å². The van der Waals surface area contributed by atoms with Crippen LogP contribution < -0.4 is 0 Å². The zero-order valence-corrected chi connectivity index (χ0v) is 16.6. The Bertz CT molecular complexity index is 397. The molecular formula is C21H39NO2. The van der Waals surface area contributed by atoms with Crippen molar-refractivity contribution in [3.8, 4) is 0 Å². The average molecular weight is 338 g/mol. The highest BCUT2D eigenvalue weighted by atomic mass is 16.7. The monoisotopic (exact) mass is 337 g/mol. The van der Waals surface area contributed by atoms with Gasteiger partial charge >= 0.3 is 0 Å². The van der Waals surface area contributed by atoms with Crippen molar-refractivity contribution in [3.05, 3.63) is 12.7 Å². The molecule has 3 heteroatoms. The Hall–Kier alpha value is -0.380. The fourth-order valence-corrected chi connectivity index (χ4v) is 4.76. The molecular weight excluding hydrogens is 298 g/mol. The van der Waals surface area contributed by atoms with Crippen LogP contribution >= 0.6 is 0 Å². The number of rotatable bonds is 8. The van der Waals surface area contributed by atoms with Crippen LogP contribution in [0.3, 0.4) is 0 Å². The first-order chi connectivity index (χ1) is 11.3. The second-order valence-electron chi connectivity index (χ2n) is 9.16. The van der Waals surface area contributed by atoms with Crippen molar-refractivity contribution in [3.63, 3.8) is 0 Å². The van der Waals surface area contributed by atoms with Crippen molar-refractivity contribution in [1.29, 1.82) is 0 Å². The van der Waals surface area contributed by atoms with E-state index in [2.05, 4.69) is 46.2 Å². The number of nitrogens with zero attached hydrogens (tertiary/aromatic N) is 1. The van der Waals surface area contributed by atoms with Crippen LogP contribution in [-0.4, -0.2) is 43.5 Å². The van der Waals surface area contributed by atoms with Crippen molar-refractivity contribution >= 4 is 0 Å². The third-order valence-electron chi connectivity index (χ3n) is 5.97. The van der Waals surface area contributed by atoms with Crippen molar-refractivity contribution in [2.75, 3.05) is 26.7 Å². The molecule has 2 fully saturated rings. The molecule has 0 bridgehead atoms. The van der Waals surface area contributed by atoms with E-state index >= 15 is 0 Å². The summed E-state index contributed by atoms with van der Waals surface area (Å²) in [7, 11) is 2.13. The summed E-state index contributed by atoms with van der Waals surface area (Å²) >= 11 is 0. The van der Waals surface area contributed by atoms with Gasteiger partial charge < -0.3 is 14.4 Å². The van der Waals surface area contributed by atoms with Gasteiger partial charge in [0.2, 0.25) is 0 Å². The maximum Gasteiger partial charge on any atom is 0.168 e. The summed E-state index contributed by atoms with van der Waals surface area (Å²) in [6, 6.07) is 0. The molecule has 1 aliphatic heterocycles. The van der Waals surface area contributed by atoms with Crippen molar-refractivity contribution in [2.45, 2.75) is 78.1 Å². The molecule has 0 radical (unpaired) electrons. The van der Waals surface area contributed by atoms with Gasteiger partial charge in [-0.1, -0.05) is 33.8 Å². The lowest BCUT2D eigenvalue weighted by Gasteiger charge is -2.43. The molecule has 0 aromatic carbocycles. The van der Waals surface area contributed by atoms with Gasteiger partial charge in [0.25, 0.3) is 0 Å². The highest BCUT2D eigenvalue weighted by Crippen LogP contribution is 2.48. The lowest BCUT2D eigenvalue weighted by molar-refractivity contribution is -0.198. The second kappa shape index (κ2) is 8.33. The summed E-state index contributed by atoms with van der Waals surface area (Å²) in [5.74, 6) is 1.30. The highest BCUT2D eigenvalue weighted by Gasteiger charge is 2.46. The van der Waals surface area contributed by atoms with E-state index in [1.807, 2.05) is 6.08 Å². The van der Waals surface area contributed by atoms with Crippen molar-refractivity contribution < 1.29 is 9.47 Å². The second-order valence-corrected chi connectivity index (χ2v) is 9.16. The molecule has 0 aromatic rings. The minimum atomic E-state index is -0.272. The molecule has 1 saturated heterocycles. The van der Waals surface area contributed by atoms with Crippen LogP contribution in [0.15, 0.2) is 12.7 Å². The van der Waals surface area contributed by atoms with Gasteiger partial charge in [-0.2, -0.15) is 0 Å². The predicted molar refractivity (Wildman–Crippen MR) is 101 cm³/mol. The van der Waals surface area contributed by atoms with Crippen LogP contribution in [-0.2, 0) is 9.47 Å². The van der Waals surface area contributed by atoms with Crippen molar-refractivity contribution in [2.24, 2.45) is 17.3 Å². The van der Waals surface area contributed by atoms with Gasteiger partial charge in [0.15, 0.2) is 5.79 Å². The average Bonchev–Trinajstić information content (AvgIpc) is 2.88. The van der Waals surface area contributed by atoms with Crippen LogP contribution in [0.25, 0.3) is 0 Å². The van der Waals surface area contributed by atoms with Crippen LogP contribution in [0.1, 0.15) is 66.2 Å². The summed E-state index contributed by atoms with van der Waals surface area (Å²) in [5.41, 5.74) is 0.432. The van der Waals surface area contributed by atoms with E-state index in [4.69, 9.17) is 9.47 Å². The zero-order valence-electron chi connectivity index (χ0n) is 16.6. The predicted octanol–water partition coefficient (Wildman–Crippen LogP) is 4.87. The van der Waals surface area contributed by atoms with Gasteiger partial charge in [0, 0.05) is 25.9 Å². The van der Waals surface area contributed by atoms with Crippen molar-refractivity contribution in [1.82, 2.24) is 4.90 Å². The van der Waals surface area contributed by atoms with E-state index in [1.165, 1.54) is 19.3 Å². The molecule has 2 aliphatic rings. The van der Waals surface area contributed by atoms with Gasteiger partial charge in [0.1, 0.15) is 0 Å². The van der Waals surface area contributed by atoms with Crippen LogP contribution in [0.5, 0.6) is 0 Å². The van der Waals surface area contributed by atoms with E-state index in [-0.39, 0.29) is 11.9 Å². The lowest BCUT2D eigenvalue weighted by Crippen LogP contribution is -2.40. The Morgan fingerprint density at radius 1 is 1.29 bits per heavy atom.